The fourth-order valence-corrected chi connectivity index (χ4v) is 5.98. The van der Waals surface area contributed by atoms with Gasteiger partial charge in [-0.25, -0.2) is 17.9 Å². The highest BCUT2D eigenvalue weighted by Crippen LogP contribution is 2.40. The Morgan fingerprint density at radius 2 is 1.90 bits per heavy atom. The van der Waals surface area contributed by atoms with Gasteiger partial charge in [0.15, 0.2) is 6.61 Å². The van der Waals surface area contributed by atoms with Crippen LogP contribution >= 0.6 is 11.8 Å². The summed E-state index contributed by atoms with van der Waals surface area (Å²) in [5.41, 5.74) is 1.49. The summed E-state index contributed by atoms with van der Waals surface area (Å²) in [6, 6.07) is 13.6. The first-order chi connectivity index (χ1) is 14.8. The van der Waals surface area contributed by atoms with E-state index in [0.29, 0.717) is 24.3 Å². The number of nitrogens with one attached hydrogen (secondary N) is 1. The van der Waals surface area contributed by atoms with E-state index in [1.54, 1.807) is 65.2 Å². The minimum atomic E-state index is -3.77. The number of rotatable bonds is 9. The smallest absolute Gasteiger partial charge is 0.341 e. The lowest BCUT2D eigenvalue weighted by Crippen LogP contribution is -2.31. The highest BCUT2D eigenvalue weighted by Gasteiger charge is 2.32. The van der Waals surface area contributed by atoms with Gasteiger partial charge in [-0.15, -0.1) is 11.8 Å². The maximum absolute atomic E-state index is 13.0. The predicted octanol–water partition coefficient (Wildman–Crippen LogP) is 2.26. The van der Waals surface area contributed by atoms with E-state index in [1.165, 1.54) is 6.92 Å². The van der Waals surface area contributed by atoms with Crippen molar-refractivity contribution in [3.63, 3.8) is 0 Å². The molecule has 1 saturated heterocycles. The first-order valence-electron chi connectivity index (χ1n) is 9.69. The van der Waals surface area contributed by atoms with Gasteiger partial charge in [0.2, 0.25) is 15.9 Å². The molecule has 1 aliphatic rings. The van der Waals surface area contributed by atoms with Gasteiger partial charge in [0.1, 0.15) is 11.1 Å². The van der Waals surface area contributed by atoms with Crippen LogP contribution in [0, 0.1) is 0 Å². The van der Waals surface area contributed by atoms with Crippen molar-refractivity contribution in [2.45, 2.75) is 23.6 Å². The first-order valence-corrected chi connectivity index (χ1v) is 12.2. The zero-order valence-corrected chi connectivity index (χ0v) is 18.6. The molecule has 0 aromatic heterocycles. The van der Waals surface area contributed by atoms with Crippen LogP contribution in [0.1, 0.15) is 23.4 Å². The van der Waals surface area contributed by atoms with Gasteiger partial charge in [-0.2, -0.15) is 0 Å². The van der Waals surface area contributed by atoms with Gasteiger partial charge in [-0.1, -0.05) is 30.3 Å². The quantitative estimate of drug-likeness (QED) is 0.585. The van der Waals surface area contributed by atoms with Crippen molar-refractivity contribution in [2.24, 2.45) is 0 Å². The summed E-state index contributed by atoms with van der Waals surface area (Å²) in [6.07, 6.45) is 0.457. The number of carbonyl (C=O) groups excluding carboxylic acids is 1. The average molecular weight is 465 g/mol. The summed E-state index contributed by atoms with van der Waals surface area (Å²) < 4.78 is 33.7. The Morgan fingerprint density at radius 1 is 1.19 bits per heavy atom. The lowest BCUT2D eigenvalue weighted by atomic mass is 10.1. The molecule has 0 bridgehead atoms. The molecule has 3 rings (SSSR count). The second-order valence-electron chi connectivity index (χ2n) is 6.95. The van der Waals surface area contributed by atoms with Crippen molar-refractivity contribution in [3.05, 3.63) is 59.7 Å². The fraction of sp³-hybridized carbons (Fsp3) is 0.333. The van der Waals surface area contributed by atoms with E-state index >= 15 is 0 Å². The molecule has 1 fully saturated rings. The zero-order chi connectivity index (χ0) is 22.4. The number of carboxylic acids is 1. The van der Waals surface area contributed by atoms with Gasteiger partial charge in [-0.05, 0) is 30.2 Å². The molecule has 1 unspecified atom stereocenters. The van der Waals surface area contributed by atoms with Crippen LogP contribution in [-0.2, 0) is 26.0 Å². The van der Waals surface area contributed by atoms with E-state index in [1.807, 2.05) is 0 Å². The van der Waals surface area contributed by atoms with Gasteiger partial charge in [0.05, 0.1) is 4.90 Å². The number of hydrogen-bond acceptors (Lipinski definition) is 6. The lowest BCUT2D eigenvalue weighted by molar-refractivity contribution is -0.139. The van der Waals surface area contributed by atoms with Crippen molar-refractivity contribution >= 4 is 33.7 Å². The summed E-state index contributed by atoms with van der Waals surface area (Å²) in [7, 11) is -3.77. The third-order valence-corrected chi connectivity index (χ3v) is 7.54. The van der Waals surface area contributed by atoms with E-state index in [-0.39, 0.29) is 22.7 Å². The molecule has 31 heavy (non-hydrogen) atoms. The van der Waals surface area contributed by atoms with Crippen molar-refractivity contribution in [1.29, 1.82) is 0 Å². The van der Waals surface area contributed by atoms with Gasteiger partial charge < -0.3 is 14.7 Å². The number of nitrogens with zero attached hydrogens (tertiary/aromatic N) is 1. The van der Waals surface area contributed by atoms with Crippen LogP contribution in [0.5, 0.6) is 5.75 Å². The zero-order valence-electron chi connectivity index (χ0n) is 17.0. The number of ether oxygens (including phenoxy) is 1. The number of aliphatic carboxylic acids is 1. The first kappa shape index (κ1) is 23.1. The van der Waals surface area contributed by atoms with Crippen LogP contribution in [0.3, 0.4) is 0 Å². The van der Waals surface area contributed by atoms with E-state index in [2.05, 4.69) is 4.72 Å². The lowest BCUT2D eigenvalue weighted by Gasteiger charge is -2.24. The number of hydrogen-bond donors (Lipinski definition) is 2. The Labute approximate surface area is 185 Å². The largest absolute Gasteiger partial charge is 0.482 e. The molecule has 2 N–H and O–H groups in total. The summed E-state index contributed by atoms with van der Waals surface area (Å²) in [5, 5.41) is 8.32. The summed E-state index contributed by atoms with van der Waals surface area (Å²) >= 11 is 1.55. The molecule has 0 radical (unpaired) electrons. The number of amides is 1. The molecule has 1 aliphatic heterocycles. The van der Waals surface area contributed by atoms with Gasteiger partial charge in [-0.3, -0.25) is 4.79 Å². The Bertz CT molecular complexity index is 1040. The molecule has 8 nitrogen and oxygen atoms in total. The second kappa shape index (κ2) is 10.2. The molecule has 2 aromatic carbocycles. The molecule has 0 saturated carbocycles. The minimum Gasteiger partial charge on any atom is -0.482 e. The third-order valence-electron chi connectivity index (χ3n) is 4.76. The van der Waals surface area contributed by atoms with E-state index in [0.717, 1.165) is 11.3 Å². The minimum absolute atomic E-state index is 0.0778. The Balaban J connectivity index is 1.65. The highest BCUT2D eigenvalue weighted by molar-refractivity contribution is 7.99. The van der Waals surface area contributed by atoms with Crippen molar-refractivity contribution in [2.75, 3.05) is 25.4 Å². The predicted molar refractivity (Wildman–Crippen MR) is 117 cm³/mol. The van der Waals surface area contributed by atoms with Crippen LogP contribution in [0.2, 0.25) is 0 Å². The number of carboxylic acid groups (broad SMARTS) is 1. The molecule has 0 aliphatic carbocycles. The number of benzene rings is 2. The number of sulfonamides is 1. The molecule has 2 aromatic rings. The summed E-state index contributed by atoms with van der Waals surface area (Å²) in [5.74, 6) is 0.0648. The standard InChI is InChI=1S/C21H24N2O6S2/c1-15(24)23-12-13-30-21(23)18-4-2-3-5-19(18)31(27,28)22-11-10-16-6-8-17(9-7-16)29-14-20(25)26/h2-9,21-22H,10-14H2,1H3,(H,25,26). The van der Waals surface area contributed by atoms with Gasteiger partial charge >= 0.3 is 5.97 Å². The molecule has 10 heteroatoms. The molecular formula is C21H24N2O6S2. The van der Waals surface area contributed by atoms with Crippen molar-refractivity contribution in [1.82, 2.24) is 9.62 Å². The number of thioether (sulfide) groups is 1. The van der Waals surface area contributed by atoms with Crippen LogP contribution in [0.15, 0.2) is 53.4 Å². The van der Waals surface area contributed by atoms with Crippen LogP contribution in [0.4, 0.5) is 0 Å². The van der Waals surface area contributed by atoms with Crippen LogP contribution in [-0.4, -0.2) is 55.7 Å². The SMILES string of the molecule is CC(=O)N1CCSC1c1ccccc1S(=O)(=O)NCCc1ccc(OCC(=O)O)cc1. The highest BCUT2D eigenvalue weighted by atomic mass is 32.2. The molecule has 166 valence electrons. The third kappa shape index (κ3) is 5.99. The molecular weight excluding hydrogens is 440 g/mol. The monoisotopic (exact) mass is 464 g/mol. The number of carbonyl (C=O) groups is 2. The molecule has 1 amide bonds. The Kier molecular flexibility index (Phi) is 7.58. The van der Waals surface area contributed by atoms with Crippen LogP contribution < -0.4 is 9.46 Å². The normalized spacial score (nSPS) is 16.3. The topological polar surface area (TPSA) is 113 Å². The van der Waals surface area contributed by atoms with E-state index in [4.69, 9.17) is 9.84 Å². The molecule has 0 spiro atoms. The maximum Gasteiger partial charge on any atom is 0.341 e. The summed E-state index contributed by atoms with van der Waals surface area (Å²) in [4.78, 5) is 24.3. The van der Waals surface area contributed by atoms with E-state index in [9.17, 15) is 18.0 Å². The van der Waals surface area contributed by atoms with E-state index < -0.39 is 22.6 Å². The Morgan fingerprint density at radius 3 is 2.58 bits per heavy atom. The summed E-state index contributed by atoms with van der Waals surface area (Å²) in [6.45, 7) is 1.87. The van der Waals surface area contributed by atoms with Gasteiger partial charge in [0, 0.05) is 31.3 Å². The molecule has 1 heterocycles. The average Bonchev–Trinajstić information content (AvgIpc) is 3.23. The van der Waals surface area contributed by atoms with Gasteiger partial charge in [0.25, 0.3) is 0 Å². The maximum atomic E-state index is 13.0. The molecule has 1 atom stereocenters. The van der Waals surface area contributed by atoms with Crippen LogP contribution in [0.25, 0.3) is 0 Å². The van der Waals surface area contributed by atoms with Crippen molar-refractivity contribution < 1.29 is 27.9 Å². The fourth-order valence-electron chi connectivity index (χ4n) is 3.28. The Hall–Kier alpha value is -2.56. The van der Waals surface area contributed by atoms with Crippen molar-refractivity contribution in [3.8, 4) is 5.75 Å². The second-order valence-corrected chi connectivity index (χ2v) is 9.87.